The van der Waals surface area contributed by atoms with E-state index >= 15 is 0 Å². The van der Waals surface area contributed by atoms with Gasteiger partial charge in [-0.25, -0.2) is 0 Å². The molecule has 0 aromatic rings. The number of ether oxygens (including phenoxy) is 2. The zero-order chi connectivity index (χ0) is 14.3. The fourth-order valence-electron chi connectivity index (χ4n) is 2.05. The van der Waals surface area contributed by atoms with E-state index in [4.69, 9.17) is 9.47 Å². The van der Waals surface area contributed by atoms with Crippen molar-refractivity contribution in [3.8, 4) is 0 Å². The lowest BCUT2D eigenvalue weighted by Gasteiger charge is -2.30. The highest BCUT2D eigenvalue weighted by Crippen LogP contribution is 2.34. The molecule has 0 aliphatic heterocycles. The molecule has 2 atom stereocenters. The summed E-state index contributed by atoms with van der Waals surface area (Å²) in [6.07, 6.45) is 0.0503. The summed E-state index contributed by atoms with van der Waals surface area (Å²) >= 11 is 0. The Morgan fingerprint density at radius 1 is 1.22 bits per heavy atom. The Bertz CT molecular complexity index is 287. The van der Waals surface area contributed by atoms with Crippen LogP contribution in [0.15, 0.2) is 0 Å². The summed E-state index contributed by atoms with van der Waals surface area (Å²) in [5, 5.41) is 9.46. The number of carbonyl (C=O) groups excluding carboxylic acids is 1. The van der Waals surface area contributed by atoms with Crippen LogP contribution < -0.4 is 0 Å². The molecule has 0 aliphatic carbocycles. The third-order valence-corrected chi connectivity index (χ3v) is 2.87. The van der Waals surface area contributed by atoms with Gasteiger partial charge in [0, 0.05) is 13.5 Å². The topological polar surface area (TPSA) is 72.8 Å². The lowest BCUT2D eigenvalue weighted by molar-refractivity contribution is -0.173. The van der Waals surface area contributed by atoms with Gasteiger partial charge in [-0.1, -0.05) is 13.8 Å². The number of carbonyl (C=O) groups is 2. The van der Waals surface area contributed by atoms with Crippen molar-refractivity contribution < 1.29 is 24.2 Å². The minimum atomic E-state index is -1.51. The first-order valence-corrected chi connectivity index (χ1v) is 6.23. The molecule has 0 spiro atoms. The summed E-state index contributed by atoms with van der Waals surface area (Å²) in [6, 6.07) is 0. The molecule has 0 saturated carbocycles. The zero-order valence-electron chi connectivity index (χ0n) is 11.9. The fourth-order valence-corrected chi connectivity index (χ4v) is 2.05. The summed E-state index contributed by atoms with van der Waals surface area (Å²) in [7, 11) is 1.50. The van der Waals surface area contributed by atoms with Crippen LogP contribution in [-0.2, 0) is 19.1 Å². The minimum absolute atomic E-state index is 0.0783. The van der Waals surface area contributed by atoms with Crippen LogP contribution in [0.3, 0.4) is 0 Å². The van der Waals surface area contributed by atoms with Crippen LogP contribution >= 0.6 is 0 Å². The molecule has 106 valence electrons. The molecule has 5 nitrogen and oxygen atoms in total. The van der Waals surface area contributed by atoms with E-state index in [2.05, 4.69) is 0 Å². The number of rotatable bonds is 8. The Labute approximate surface area is 108 Å². The van der Waals surface area contributed by atoms with Crippen molar-refractivity contribution in [2.45, 2.75) is 46.6 Å². The van der Waals surface area contributed by atoms with Gasteiger partial charge in [0.15, 0.2) is 5.41 Å². The normalized spacial score (nSPS) is 16.1. The summed E-state index contributed by atoms with van der Waals surface area (Å²) in [6.45, 7) is 7.35. The lowest BCUT2D eigenvalue weighted by Crippen LogP contribution is -2.44. The van der Waals surface area contributed by atoms with Crippen LogP contribution in [0.25, 0.3) is 0 Å². The van der Waals surface area contributed by atoms with Crippen molar-refractivity contribution in [3.05, 3.63) is 0 Å². The van der Waals surface area contributed by atoms with Gasteiger partial charge >= 0.3 is 11.9 Å². The quantitative estimate of drug-likeness (QED) is 0.534. The first-order chi connectivity index (χ1) is 8.30. The Kier molecular flexibility index (Phi) is 6.91. The van der Waals surface area contributed by atoms with Crippen molar-refractivity contribution in [1.82, 2.24) is 0 Å². The van der Waals surface area contributed by atoms with Crippen LogP contribution in [0.5, 0.6) is 0 Å². The number of hydrogen-bond donors (Lipinski definition) is 1. The van der Waals surface area contributed by atoms with Crippen LogP contribution in [0.1, 0.15) is 40.5 Å². The molecule has 0 radical (unpaired) electrons. The molecular weight excluding hydrogens is 236 g/mol. The number of carboxylic acid groups (broad SMARTS) is 1. The van der Waals surface area contributed by atoms with Crippen molar-refractivity contribution >= 4 is 11.9 Å². The van der Waals surface area contributed by atoms with Gasteiger partial charge < -0.3 is 14.6 Å². The van der Waals surface area contributed by atoms with Gasteiger partial charge in [0.05, 0.1) is 12.7 Å². The molecule has 0 rings (SSSR count). The lowest BCUT2D eigenvalue weighted by atomic mass is 9.76. The first-order valence-electron chi connectivity index (χ1n) is 6.23. The summed E-state index contributed by atoms with van der Waals surface area (Å²) in [5.41, 5.74) is -1.51. The van der Waals surface area contributed by atoms with Crippen LogP contribution in [0.4, 0.5) is 0 Å². The molecule has 18 heavy (non-hydrogen) atoms. The first kappa shape index (κ1) is 16.9. The monoisotopic (exact) mass is 260 g/mol. The van der Waals surface area contributed by atoms with E-state index in [1.807, 2.05) is 13.8 Å². The molecule has 0 heterocycles. The second-order valence-corrected chi connectivity index (χ2v) is 4.96. The number of esters is 1. The predicted molar refractivity (Wildman–Crippen MR) is 67.2 cm³/mol. The molecule has 0 amide bonds. The Balaban J connectivity index is 5.27. The summed E-state index contributed by atoms with van der Waals surface area (Å²) in [5.74, 6) is -1.73. The summed E-state index contributed by atoms with van der Waals surface area (Å²) in [4.78, 5) is 23.6. The maximum absolute atomic E-state index is 12.0. The molecule has 0 fully saturated rings. The van der Waals surface area contributed by atoms with E-state index in [0.717, 1.165) is 0 Å². The second kappa shape index (κ2) is 7.36. The zero-order valence-corrected chi connectivity index (χ0v) is 11.9. The Morgan fingerprint density at radius 3 is 2.11 bits per heavy atom. The van der Waals surface area contributed by atoms with E-state index in [-0.39, 0.29) is 31.5 Å². The molecule has 2 unspecified atom stereocenters. The average molecular weight is 260 g/mol. The highest BCUT2D eigenvalue weighted by molar-refractivity contribution is 5.99. The van der Waals surface area contributed by atoms with Gasteiger partial charge in [-0.3, -0.25) is 9.59 Å². The van der Waals surface area contributed by atoms with Gasteiger partial charge in [-0.2, -0.15) is 0 Å². The Morgan fingerprint density at radius 2 is 1.78 bits per heavy atom. The fraction of sp³-hybridized carbons (Fsp3) is 0.846. The molecule has 0 saturated heterocycles. The van der Waals surface area contributed by atoms with Gasteiger partial charge in [-0.05, 0) is 26.2 Å². The van der Waals surface area contributed by atoms with Gasteiger partial charge in [0.1, 0.15) is 0 Å². The standard InChI is InChI=1S/C13H24O5/c1-6-18-12(16)13(11(14)15,7-9(2)3)8-10(4)17-5/h9-10H,6-8H2,1-5H3,(H,14,15). The summed E-state index contributed by atoms with van der Waals surface area (Å²) < 4.78 is 10.0. The largest absolute Gasteiger partial charge is 0.480 e. The highest BCUT2D eigenvalue weighted by Gasteiger charge is 2.48. The van der Waals surface area contributed by atoms with Gasteiger partial charge in [-0.15, -0.1) is 0 Å². The van der Waals surface area contributed by atoms with E-state index in [9.17, 15) is 14.7 Å². The smallest absolute Gasteiger partial charge is 0.323 e. The number of aliphatic carboxylic acids is 1. The molecule has 0 aromatic carbocycles. The van der Waals surface area contributed by atoms with Gasteiger partial charge in [0.25, 0.3) is 0 Å². The molecule has 0 bridgehead atoms. The van der Waals surface area contributed by atoms with E-state index < -0.39 is 17.4 Å². The van der Waals surface area contributed by atoms with Crippen molar-refractivity contribution in [2.75, 3.05) is 13.7 Å². The molecule has 0 aromatic heterocycles. The average Bonchev–Trinajstić information content (AvgIpc) is 2.27. The molecule has 1 N–H and O–H groups in total. The number of hydrogen-bond acceptors (Lipinski definition) is 4. The van der Waals surface area contributed by atoms with E-state index in [1.165, 1.54) is 7.11 Å². The molecule has 0 aliphatic rings. The predicted octanol–water partition coefficient (Wildman–Crippen LogP) is 2.09. The van der Waals surface area contributed by atoms with Gasteiger partial charge in [0.2, 0.25) is 0 Å². The Hall–Kier alpha value is -1.10. The van der Waals surface area contributed by atoms with Crippen molar-refractivity contribution in [2.24, 2.45) is 11.3 Å². The number of methoxy groups -OCH3 is 1. The SMILES string of the molecule is CCOC(=O)C(CC(C)C)(CC(C)OC)C(=O)O. The van der Waals surface area contributed by atoms with Crippen LogP contribution in [-0.4, -0.2) is 36.9 Å². The maximum Gasteiger partial charge on any atom is 0.323 e. The van der Waals surface area contributed by atoms with E-state index in [0.29, 0.717) is 0 Å². The second-order valence-electron chi connectivity index (χ2n) is 4.96. The van der Waals surface area contributed by atoms with Crippen LogP contribution in [0.2, 0.25) is 0 Å². The maximum atomic E-state index is 12.0. The highest BCUT2D eigenvalue weighted by atomic mass is 16.5. The van der Waals surface area contributed by atoms with E-state index in [1.54, 1.807) is 13.8 Å². The third kappa shape index (κ3) is 4.29. The number of carboxylic acids is 1. The van der Waals surface area contributed by atoms with Crippen molar-refractivity contribution in [1.29, 1.82) is 0 Å². The molecule has 5 heteroatoms. The third-order valence-electron chi connectivity index (χ3n) is 2.87. The minimum Gasteiger partial charge on any atom is -0.480 e. The molecular formula is C13H24O5. The van der Waals surface area contributed by atoms with Crippen molar-refractivity contribution in [3.63, 3.8) is 0 Å². The van der Waals surface area contributed by atoms with Crippen LogP contribution in [0, 0.1) is 11.3 Å².